The van der Waals surface area contributed by atoms with Crippen molar-refractivity contribution in [2.24, 2.45) is 0 Å². The quantitative estimate of drug-likeness (QED) is 0.685. The van der Waals surface area contributed by atoms with Crippen LogP contribution in [-0.2, 0) is 6.54 Å². The molecule has 2 aromatic rings. The largest absolute Gasteiger partial charge is 0.462 e. The average Bonchev–Trinajstić information content (AvgIpc) is 2.51. The maximum atomic E-state index is 5.75. The van der Waals surface area contributed by atoms with E-state index in [0.717, 1.165) is 23.1 Å². The van der Waals surface area contributed by atoms with Gasteiger partial charge in [-0.2, -0.15) is 0 Å². The van der Waals surface area contributed by atoms with E-state index >= 15 is 0 Å². The second-order valence-corrected chi connectivity index (χ2v) is 3.02. The predicted molar refractivity (Wildman–Crippen MR) is 53.4 cm³/mol. The van der Waals surface area contributed by atoms with Gasteiger partial charge in [0.1, 0.15) is 0 Å². The summed E-state index contributed by atoms with van der Waals surface area (Å²) in [5, 5.41) is 4.17. The van der Waals surface area contributed by atoms with Crippen molar-refractivity contribution < 1.29 is 4.42 Å². The Morgan fingerprint density at radius 3 is 3.08 bits per heavy atom. The minimum Gasteiger partial charge on any atom is -0.462 e. The zero-order valence-electron chi connectivity index (χ0n) is 7.50. The SMILES string of the molecule is CNCc1coc2c(N)cccc12. The number of hydrogen-bond acceptors (Lipinski definition) is 3. The lowest BCUT2D eigenvalue weighted by Crippen LogP contribution is -2.03. The molecule has 1 aromatic carbocycles. The molecule has 1 heterocycles. The molecule has 1 aromatic heterocycles. The number of nitrogens with one attached hydrogen (secondary N) is 1. The molecule has 0 radical (unpaired) electrons. The van der Waals surface area contributed by atoms with Crippen LogP contribution in [0.5, 0.6) is 0 Å². The molecule has 0 fully saturated rings. The first kappa shape index (κ1) is 8.13. The van der Waals surface area contributed by atoms with Gasteiger partial charge in [0.25, 0.3) is 0 Å². The number of anilines is 1. The van der Waals surface area contributed by atoms with Gasteiger partial charge >= 0.3 is 0 Å². The average molecular weight is 176 g/mol. The number of rotatable bonds is 2. The van der Waals surface area contributed by atoms with Gasteiger partial charge in [-0.1, -0.05) is 12.1 Å². The van der Waals surface area contributed by atoms with E-state index in [1.54, 1.807) is 6.26 Å². The summed E-state index contributed by atoms with van der Waals surface area (Å²) in [5.41, 5.74) is 8.37. The molecule has 3 nitrogen and oxygen atoms in total. The van der Waals surface area contributed by atoms with Crippen molar-refractivity contribution in [2.45, 2.75) is 6.54 Å². The second kappa shape index (κ2) is 3.11. The molecule has 0 aliphatic rings. The fraction of sp³-hybridized carbons (Fsp3) is 0.200. The van der Waals surface area contributed by atoms with E-state index in [0.29, 0.717) is 5.69 Å². The molecule has 3 heteroatoms. The molecule has 0 aliphatic heterocycles. The van der Waals surface area contributed by atoms with Crippen molar-refractivity contribution in [3.8, 4) is 0 Å². The minimum absolute atomic E-state index is 0.694. The zero-order chi connectivity index (χ0) is 9.26. The second-order valence-electron chi connectivity index (χ2n) is 3.02. The lowest BCUT2D eigenvalue weighted by atomic mass is 10.1. The van der Waals surface area contributed by atoms with Crippen LogP contribution >= 0.6 is 0 Å². The van der Waals surface area contributed by atoms with Crippen LogP contribution in [0.1, 0.15) is 5.56 Å². The third-order valence-electron chi connectivity index (χ3n) is 2.08. The number of nitrogen functional groups attached to an aromatic ring is 1. The van der Waals surface area contributed by atoms with Gasteiger partial charge in [0.05, 0.1) is 12.0 Å². The first-order valence-corrected chi connectivity index (χ1v) is 4.22. The van der Waals surface area contributed by atoms with E-state index in [1.165, 1.54) is 0 Å². The maximum absolute atomic E-state index is 5.75. The highest BCUT2D eigenvalue weighted by atomic mass is 16.3. The van der Waals surface area contributed by atoms with Gasteiger partial charge in [-0.15, -0.1) is 0 Å². The molecule has 0 spiro atoms. The Hall–Kier alpha value is -1.48. The standard InChI is InChI=1S/C10H12N2O/c1-12-5-7-6-13-10-8(7)3-2-4-9(10)11/h2-4,6,12H,5,11H2,1H3. The molecule has 0 atom stereocenters. The van der Waals surface area contributed by atoms with Gasteiger partial charge in [-0.25, -0.2) is 0 Å². The number of benzene rings is 1. The van der Waals surface area contributed by atoms with E-state index < -0.39 is 0 Å². The Morgan fingerprint density at radius 1 is 1.46 bits per heavy atom. The summed E-state index contributed by atoms with van der Waals surface area (Å²) in [5.74, 6) is 0. The van der Waals surface area contributed by atoms with Crippen molar-refractivity contribution in [2.75, 3.05) is 12.8 Å². The normalized spacial score (nSPS) is 10.8. The summed E-state index contributed by atoms with van der Waals surface area (Å²) < 4.78 is 5.37. The molecule has 0 amide bonds. The Bertz CT molecular complexity index is 420. The summed E-state index contributed by atoms with van der Waals surface area (Å²) in [4.78, 5) is 0. The smallest absolute Gasteiger partial charge is 0.157 e. The van der Waals surface area contributed by atoms with E-state index in [2.05, 4.69) is 5.32 Å². The van der Waals surface area contributed by atoms with E-state index in [1.807, 2.05) is 25.2 Å². The Morgan fingerprint density at radius 2 is 2.31 bits per heavy atom. The maximum Gasteiger partial charge on any atom is 0.157 e. The highest BCUT2D eigenvalue weighted by molar-refractivity contribution is 5.90. The Kier molecular flexibility index (Phi) is 1.94. The Labute approximate surface area is 76.5 Å². The summed E-state index contributed by atoms with van der Waals surface area (Å²) >= 11 is 0. The molecule has 0 saturated carbocycles. The van der Waals surface area contributed by atoms with Gasteiger partial charge in [0.2, 0.25) is 0 Å². The molecule has 3 N–H and O–H groups in total. The van der Waals surface area contributed by atoms with Crippen molar-refractivity contribution in [3.63, 3.8) is 0 Å². The Balaban J connectivity index is 2.61. The van der Waals surface area contributed by atoms with Crippen molar-refractivity contribution in [3.05, 3.63) is 30.0 Å². The van der Waals surface area contributed by atoms with Gasteiger partial charge in [-0.3, -0.25) is 0 Å². The van der Waals surface area contributed by atoms with Gasteiger partial charge in [-0.05, 0) is 13.1 Å². The van der Waals surface area contributed by atoms with Crippen LogP contribution in [0.25, 0.3) is 11.0 Å². The lowest BCUT2D eigenvalue weighted by molar-refractivity contribution is 0.608. The number of nitrogens with two attached hydrogens (primary N) is 1. The summed E-state index contributed by atoms with van der Waals surface area (Å²) in [6.45, 7) is 0.802. The van der Waals surface area contributed by atoms with E-state index in [-0.39, 0.29) is 0 Å². The molecule has 13 heavy (non-hydrogen) atoms. The van der Waals surface area contributed by atoms with Gasteiger partial charge in [0, 0.05) is 17.5 Å². The summed E-state index contributed by atoms with van der Waals surface area (Å²) in [6.07, 6.45) is 1.75. The fourth-order valence-electron chi connectivity index (χ4n) is 1.46. The van der Waals surface area contributed by atoms with Crippen LogP contribution in [0.4, 0.5) is 5.69 Å². The number of furan rings is 1. The first-order valence-electron chi connectivity index (χ1n) is 4.22. The molecule has 0 bridgehead atoms. The third-order valence-corrected chi connectivity index (χ3v) is 2.08. The molecular weight excluding hydrogens is 164 g/mol. The molecular formula is C10H12N2O. The molecule has 0 aliphatic carbocycles. The monoisotopic (exact) mass is 176 g/mol. The number of hydrogen-bond donors (Lipinski definition) is 2. The van der Waals surface area contributed by atoms with Crippen LogP contribution in [-0.4, -0.2) is 7.05 Å². The van der Waals surface area contributed by atoms with Crippen LogP contribution in [0.3, 0.4) is 0 Å². The molecule has 0 unspecified atom stereocenters. The first-order chi connectivity index (χ1) is 6.33. The highest BCUT2D eigenvalue weighted by Gasteiger charge is 2.06. The zero-order valence-corrected chi connectivity index (χ0v) is 7.50. The fourth-order valence-corrected chi connectivity index (χ4v) is 1.46. The third kappa shape index (κ3) is 1.27. The van der Waals surface area contributed by atoms with Crippen LogP contribution < -0.4 is 11.1 Å². The predicted octanol–water partition coefficient (Wildman–Crippen LogP) is 1.73. The van der Waals surface area contributed by atoms with Crippen molar-refractivity contribution >= 4 is 16.7 Å². The van der Waals surface area contributed by atoms with Crippen LogP contribution in [0.2, 0.25) is 0 Å². The highest BCUT2D eigenvalue weighted by Crippen LogP contribution is 2.25. The summed E-state index contributed by atoms with van der Waals surface area (Å²) in [6, 6.07) is 5.79. The summed E-state index contributed by atoms with van der Waals surface area (Å²) in [7, 11) is 1.91. The van der Waals surface area contributed by atoms with Gasteiger partial charge < -0.3 is 15.5 Å². The van der Waals surface area contributed by atoms with Crippen LogP contribution in [0.15, 0.2) is 28.9 Å². The minimum atomic E-state index is 0.694. The molecule has 2 rings (SSSR count). The van der Waals surface area contributed by atoms with Crippen molar-refractivity contribution in [1.29, 1.82) is 0 Å². The topological polar surface area (TPSA) is 51.2 Å². The lowest BCUT2D eigenvalue weighted by Gasteiger charge is -1.96. The van der Waals surface area contributed by atoms with Crippen LogP contribution in [0, 0.1) is 0 Å². The number of para-hydroxylation sites is 1. The number of fused-ring (bicyclic) bond motifs is 1. The van der Waals surface area contributed by atoms with E-state index in [9.17, 15) is 0 Å². The van der Waals surface area contributed by atoms with E-state index in [4.69, 9.17) is 10.2 Å². The van der Waals surface area contributed by atoms with Crippen molar-refractivity contribution in [1.82, 2.24) is 5.32 Å². The molecule has 68 valence electrons. The van der Waals surface area contributed by atoms with Gasteiger partial charge in [0.15, 0.2) is 5.58 Å². The molecule has 0 saturated heterocycles.